The SMILES string of the molecule is Cc1nc2c(C(C)(C)c3cc(C(C)(C)C)ccn3)[c-]c(Oc3[c-]c(N4[CH-]N(C)c5ccccc54)ccc3)cn2c1C.[Pt]. The summed E-state index contributed by atoms with van der Waals surface area (Å²) in [4.78, 5) is 14.0. The molecule has 42 heavy (non-hydrogen) atoms. The number of para-hydroxylation sites is 2. The number of imidazole rings is 1. The van der Waals surface area contributed by atoms with Crippen molar-refractivity contribution < 1.29 is 25.8 Å². The standard InChI is InChI=1S/C35H36N5O.Pt/c1-23-24(2)39-21-28(20-29(33(39)37-23)35(6,7)32-18-25(16-17-36-32)34(3,4)5)41-27-13-11-12-26(19-27)40-22-38(8)30-14-9-10-15-31(30)40;/h9-18,21-22H,1-8H3;/q-3;. The monoisotopic (exact) mass is 737 g/mol. The summed E-state index contributed by atoms with van der Waals surface area (Å²) in [5.74, 6) is 1.22. The van der Waals surface area contributed by atoms with E-state index in [4.69, 9.17) is 14.7 Å². The van der Waals surface area contributed by atoms with Crippen molar-refractivity contribution in [1.82, 2.24) is 14.4 Å². The van der Waals surface area contributed by atoms with E-state index in [2.05, 4.69) is 105 Å². The van der Waals surface area contributed by atoms with Gasteiger partial charge in [-0.25, -0.2) is 0 Å². The van der Waals surface area contributed by atoms with Crippen LogP contribution in [0, 0.1) is 32.6 Å². The quantitative estimate of drug-likeness (QED) is 0.171. The zero-order valence-electron chi connectivity index (χ0n) is 25.4. The molecule has 0 aliphatic carbocycles. The molecule has 220 valence electrons. The maximum absolute atomic E-state index is 6.48. The normalized spacial score (nSPS) is 13.3. The summed E-state index contributed by atoms with van der Waals surface area (Å²) < 4.78 is 8.59. The van der Waals surface area contributed by atoms with Gasteiger partial charge in [0, 0.05) is 78.3 Å². The molecule has 2 aromatic carbocycles. The van der Waals surface area contributed by atoms with Crippen LogP contribution in [0.3, 0.4) is 0 Å². The van der Waals surface area contributed by atoms with E-state index in [-0.39, 0.29) is 26.5 Å². The van der Waals surface area contributed by atoms with Crippen LogP contribution in [0.5, 0.6) is 11.5 Å². The predicted molar refractivity (Wildman–Crippen MR) is 165 cm³/mol. The van der Waals surface area contributed by atoms with Crippen LogP contribution < -0.4 is 14.5 Å². The van der Waals surface area contributed by atoms with Crippen molar-refractivity contribution >= 4 is 22.7 Å². The molecule has 0 amide bonds. The van der Waals surface area contributed by atoms with E-state index in [0.29, 0.717) is 11.5 Å². The van der Waals surface area contributed by atoms with Gasteiger partial charge in [-0.05, 0) is 56.1 Å². The first kappa shape index (κ1) is 29.8. The fourth-order valence-electron chi connectivity index (χ4n) is 5.35. The topological polar surface area (TPSA) is 45.9 Å². The molecule has 5 aromatic rings. The van der Waals surface area contributed by atoms with Gasteiger partial charge in [-0.3, -0.25) is 9.97 Å². The maximum Gasteiger partial charge on any atom is 0.0487 e. The summed E-state index contributed by atoms with van der Waals surface area (Å²) in [5.41, 5.74) is 8.75. The van der Waals surface area contributed by atoms with Gasteiger partial charge in [0.05, 0.1) is 0 Å². The van der Waals surface area contributed by atoms with Crippen LogP contribution in [0.2, 0.25) is 0 Å². The second-order valence-electron chi connectivity index (χ2n) is 12.4. The molecular formula is C35H36N5OPt-3. The number of anilines is 3. The molecule has 0 bridgehead atoms. The Morgan fingerprint density at radius 2 is 1.62 bits per heavy atom. The van der Waals surface area contributed by atoms with Gasteiger partial charge in [0.25, 0.3) is 0 Å². The third-order valence-corrected chi connectivity index (χ3v) is 8.04. The van der Waals surface area contributed by atoms with E-state index in [0.717, 1.165) is 45.4 Å². The average Bonchev–Trinajstić information content (AvgIpc) is 3.43. The summed E-state index contributed by atoms with van der Waals surface area (Å²) in [6.45, 7) is 17.2. The van der Waals surface area contributed by atoms with Crippen LogP contribution in [0.1, 0.15) is 62.8 Å². The van der Waals surface area contributed by atoms with Crippen LogP contribution in [-0.4, -0.2) is 21.4 Å². The van der Waals surface area contributed by atoms with E-state index in [9.17, 15) is 0 Å². The van der Waals surface area contributed by atoms with Crippen molar-refractivity contribution in [1.29, 1.82) is 0 Å². The molecule has 4 heterocycles. The van der Waals surface area contributed by atoms with Crippen LogP contribution in [0.4, 0.5) is 17.1 Å². The van der Waals surface area contributed by atoms with E-state index < -0.39 is 5.41 Å². The minimum Gasteiger partial charge on any atom is -0.508 e. The first-order chi connectivity index (χ1) is 19.4. The Morgan fingerprint density at radius 1 is 0.881 bits per heavy atom. The first-order valence-corrected chi connectivity index (χ1v) is 14.0. The van der Waals surface area contributed by atoms with Gasteiger partial charge in [-0.2, -0.15) is 12.7 Å². The number of hydrogen-bond acceptors (Lipinski definition) is 5. The third-order valence-electron chi connectivity index (χ3n) is 8.04. The fourth-order valence-corrected chi connectivity index (χ4v) is 5.35. The Labute approximate surface area is 263 Å². The van der Waals surface area contributed by atoms with Gasteiger partial charge in [0.1, 0.15) is 0 Å². The van der Waals surface area contributed by atoms with Gasteiger partial charge < -0.3 is 18.9 Å². The molecule has 6 rings (SSSR count). The molecule has 3 aromatic heterocycles. The van der Waals surface area contributed by atoms with E-state index >= 15 is 0 Å². The summed E-state index contributed by atoms with van der Waals surface area (Å²) in [7, 11) is 2.05. The van der Waals surface area contributed by atoms with Gasteiger partial charge in [0.15, 0.2) is 0 Å². The smallest absolute Gasteiger partial charge is 0.0487 e. The maximum atomic E-state index is 6.48. The number of aromatic nitrogens is 3. The van der Waals surface area contributed by atoms with Crippen LogP contribution >= 0.6 is 0 Å². The largest absolute Gasteiger partial charge is 0.508 e. The second-order valence-corrected chi connectivity index (χ2v) is 12.4. The molecule has 1 aliphatic rings. The van der Waals surface area contributed by atoms with Crippen molar-refractivity contribution in [3.63, 3.8) is 0 Å². The average molecular weight is 738 g/mol. The Balaban J connectivity index is 0.00000353. The zero-order valence-corrected chi connectivity index (χ0v) is 27.7. The Morgan fingerprint density at radius 3 is 2.36 bits per heavy atom. The number of fused-ring (bicyclic) bond motifs is 2. The summed E-state index contributed by atoms with van der Waals surface area (Å²) in [5, 5.41) is 0. The second kappa shape index (κ2) is 10.9. The molecule has 6 nitrogen and oxygen atoms in total. The molecular weight excluding hydrogens is 701 g/mol. The molecule has 7 heteroatoms. The van der Waals surface area contributed by atoms with Crippen molar-refractivity contribution in [2.75, 3.05) is 16.8 Å². The van der Waals surface area contributed by atoms with Gasteiger partial charge in [0.2, 0.25) is 0 Å². The van der Waals surface area contributed by atoms with Crippen molar-refractivity contribution in [3.8, 4) is 11.5 Å². The van der Waals surface area contributed by atoms with E-state index in [1.807, 2.05) is 50.6 Å². The number of nitrogens with zero attached hydrogens (tertiary/aromatic N) is 5. The van der Waals surface area contributed by atoms with Crippen LogP contribution in [0.15, 0.2) is 67.0 Å². The molecule has 0 atom stereocenters. The number of rotatable bonds is 5. The van der Waals surface area contributed by atoms with Gasteiger partial charge >= 0.3 is 0 Å². The summed E-state index contributed by atoms with van der Waals surface area (Å²) >= 11 is 0. The van der Waals surface area contributed by atoms with Gasteiger partial charge in [-0.15, -0.1) is 35.5 Å². The van der Waals surface area contributed by atoms with Crippen molar-refractivity contribution in [2.24, 2.45) is 0 Å². The summed E-state index contributed by atoms with van der Waals surface area (Å²) in [6.07, 6.45) is 3.87. The fraction of sp³-hybridized carbons (Fsp3) is 0.286. The van der Waals surface area contributed by atoms with Crippen LogP contribution in [-0.2, 0) is 31.9 Å². The van der Waals surface area contributed by atoms with Crippen molar-refractivity contribution in [3.05, 3.63) is 114 Å². The molecule has 0 unspecified atom stereocenters. The zero-order chi connectivity index (χ0) is 29.1. The number of hydrogen-bond donors (Lipinski definition) is 0. The predicted octanol–water partition coefficient (Wildman–Crippen LogP) is 8.07. The minimum absolute atomic E-state index is 0. The number of pyridine rings is 2. The van der Waals surface area contributed by atoms with Crippen molar-refractivity contribution in [2.45, 2.75) is 59.3 Å². The summed E-state index contributed by atoms with van der Waals surface area (Å²) in [6, 6.07) is 25.6. The molecule has 0 radical (unpaired) electrons. The molecule has 0 saturated heterocycles. The Bertz CT molecular complexity index is 1770. The number of aryl methyl sites for hydroxylation is 2. The third kappa shape index (κ3) is 5.22. The number of ether oxygens (including phenoxy) is 1. The molecule has 0 fully saturated rings. The Hall–Kier alpha value is -3.63. The van der Waals surface area contributed by atoms with Gasteiger partial charge in [-0.1, -0.05) is 52.9 Å². The van der Waals surface area contributed by atoms with Crippen LogP contribution in [0.25, 0.3) is 5.65 Å². The van der Waals surface area contributed by atoms with E-state index in [1.54, 1.807) is 0 Å². The Kier molecular flexibility index (Phi) is 7.74. The molecule has 1 aliphatic heterocycles. The first-order valence-electron chi connectivity index (χ1n) is 14.0. The molecule has 0 spiro atoms. The molecule has 0 saturated carbocycles. The van der Waals surface area contributed by atoms with E-state index in [1.165, 1.54) is 5.56 Å². The minimum atomic E-state index is -0.476. The number of benzene rings is 2. The molecule has 0 N–H and O–H groups in total.